The van der Waals surface area contributed by atoms with Crippen molar-refractivity contribution in [1.29, 1.82) is 0 Å². The minimum Gasteiger partial charge on any atom is -0.306 e. The molecule has 0 rings (SSSR count). The van der Waals surface area contributed by atoms with Gasteiger partial charge in [-0.2, -0.15) is 13.2 Å². The molecule has 0 radical (unpaired) electrons. The standard InChI is InChI=1S/C11H22F3N/c1-8(2)6-5-7-15-10(9(3)4)11(12,13)14/h8-10,15H,5-7H2,1-4H3/t10-/m1/s1. The lowest BCUT2D eigenvalue weighted by molar-refractivity contribution is -0.165. The largest absolute Gasteiger partial charge is 0.404 e. The van der Waals surface area contributed by atoms with Crippen molar-refractivity contribution >= 4 is 0 Å². The van der Waals surface area contributed by atoms with Gasteiger partial charge in [0, 0.05) is 0 Å². The minimum atomic E-state index is -4.13. The van der Waals surface area contributed by atoms with Gasteiger partial charge in [-0.05, 0) is 31.2 Å². The molecule has 1 N–H and O–H groups in total. The van der Waals surface area contributed by atoms with Crippen LogP contribution in [-0.4, -0.2) is 18.8 Å². The molecule has 0 aliphatic heterocycles. The summed E-state index contributed by atoms with van der Waals surface area (Å²) < 4.78 is 37.5. The summed E-state index contributed by atoms with van der Waals surface area (Å²) >= 11 is 0. The molecule has 0 aromatic rings. The van der Waals surface area contributed by atoms with Gasteiger partial charge >= 0.3 is 6.18 Å². The Morgan fingerprint density at radius 3 is 1.93 bits per heavy atom. The molecule has 0 spiro atoms. The summed E-state index contributed by atoms with van der Waals surface area (Å²) in [5.74, 6) is 0.138. The second-order valence-corrected chi connectivity index (χ2v) is 4.75. The molecule has 0 aromatic carbocycles. The normalized spacial score (nSPS) is 15.0. The molecule has 0 saturated carbocycles. The van der Waals surface area contributed by atoms with Crippen LogP contribution in [-0.2, 0) is 0 Å². The van der Waals surface area contributed by atoms with Gasteiger partial charge in [0.25, 0.3) is 0 Å². The molecule has 92 valence electrons. The lowest BCUT2D eigenvalue weighted by Crippen LogP contribution is -2.46. The lowest BCUT2D eigenvalue weighted by atomic mass is 10.0. The molecule has 0 fully saturated rings. The van der Waals surface area contributed by atoms with E-state index in [0.717, 1.165) is 12.8 Å². The van der Waals surface area contributed by atoms with Gasteiger partial charge in [-0.1, -0.05) is 27.7 Å². The number of halogens is 3. The van der Waals surface area contributed by atoms with Crippen LogP contribution < -0.4 is 5.32 Å². The van der Waals surface area contributed by atoms with Crippen molar-refractivity contribution in [2.45, 2.75) is 52.8 Å². The van der Waals surface area contributed by atoms with Crippen molar-refractivity contribution in [3.63, 3.8) is 0 Å². The van der Waals surface area contributed by atoms with Crippen LogP contribution in [0.15, 0.2) is 0 Å². The monoisotopic (exact) mass is 225 g/mol. The third-order valence-corrected chi connectivity index (χ3v) is 2.34. The fraction of sp³-hybridized carbons (Fsp3) is 1.00. The fourth-order valence-electron chi connectivity index (χ4n) is 1.50. The Kier molecular flexibility index (Phi) is 6.25. The first-order chi connectivity index (χ1) is 6.75. The molecule has 0 aromatic heterocycles. The molecule has 1 atom stereocenters. The van der Waals surface area contributed by atoms with E-state index in [1.807, 2.05) is 0 Å². The highest BCUT2D eigenvalue weighted by molar-refractivity contribution is 4.78. The van der Waals surface area contributed by atoms with Crippen LogP contribution >= 0.6 is 0 Å². The fourth-order valence-corrected chi connectivity index (χ4v) is 1.50. The summed E-state index contributed by atoms with van der Waals surface area (Å²) in [4.78, 5) is 0. The van der Waals surface area contributed by atoms with Crippen LogP contribution in [0.25, 0.3) is 0 Å². The molecular weight excluding hydrogens is 203 g/mol. The van der Waals surface area contributed by atoms with E-state index >= 15 is 0 Å². The molecule has 0 unspecified atom stereocenters. The number of hydrogen-bond acceptors (Lipinski definition) is 1. The van der Waals surface area contributed by atoms with E-state index in [-0.39, 0.29) is 0 Å². The molecule has 15 heavy (non-hydrogen) atoms. The summed E-state index contributed by atoms with van der Waals surface area (Å²) in [6.07, 6.45) is -2.36. The maximum Gasteiger partial charge on any atom is 0.404 e. The predicted octanol–water partition coefficient (Wildman–Crippen LogP) is 3.60. The Bertz CT molecular complexity index is 164. The zero-order chi connectivity index (χ0) is 12.1. The Labute approximate surface area is 90.4 Å². The summed E-state index contributed by atoms with van der Waals surface area (Å²) in [5.41, 5.74) is 0. The first-order valence-corrected chi connectivity index (χ1v) is 5.55. The van der Waals surface area contributed by atoms with E-state index in [1.54, 1.807) is 13.8 Å². The van der Waals surface area contributed by atoms with Gasteiger partial charge in [-0.3, -0.25) is 0 Å². The van der Waals surface area contributed by atoms with Gasteiger partial charge in [0.15, 0.2) is 0 Å². The first kappa shape index (κ1) is 14.8. The molecule has 0 saturated heterocycles. The van der Waals surface area contributed by atoms with Gasteiger partial charge in [-0.25, -0.2) is 0 Å². The molecule has 1 nitrogen and oxygen atoms in total. The van der Waals surface area contributed by atoms with E-state index in [2.05, 4.69) is 19.2 Å². The maximum atomic E-state index is 12.5. The van der Waals surface area contributed by atoms with Gasteiger partial charge in [0.2, 0.25) is 0 Å². The first-order valence-electron chi connectivity index (χ1n) is 5.55. The minimum absolute atomic E-state index is 0.413. The van der Waals surface area contributed by atoms with Crippen LogP contribution in [0.1, 0.15) is 40.5 Å². The number of hydrogen-bond donors (Lipinski definition) is 1. The van der Waals surface area contributed by atoms with Crippen LogP contribution in [0.5, 0.6) is 0 Å². The molecule has 4 heteroatoms. The zero-order valence-electron chi connectivity index (χ0n) is 9.99. The molecule has 0 bridgehead atoms. The van der Waals surface area contributed by atoms with E-state index in [9.17, 15) is 13.2 Å². The van der Waals surface area contributed by atoms with Gasteiger partial charge < -0.3 is 5.32 Å². The second kappa shape index (κ2) is 6.36. The van der Waals surface area contributed by atoms with Gasteiger partial charge in [0.05, 0.1) is 0 Å². The Balaban J connectivity index is 3.89. The maximum absolute atomic E-state index is 12.5. The van der Waals surface area contributed by atoms with Crippen molar-refractivity contribution in [3.8, 4) is 0 Å². The number of nitrogens with one attached hydrogen (secondary N) is 1. The van der Waals surface area contributed by atoms with E-state index < -0.39 is 18.1 Å². The molecule has 0 heterocycles. The Morgan fingerprint density at radius 2 is 1.60 bits per heavy atom. The lowest BCUT2D eigenvalue weighted by Gasteiger charge is -2.25. The van der Waals surface area contributed by atoms with Crippen LogP contribution in [0.2, 0.25) is 0 Å². The highest BCUT2D eigenvalue weighted by Gasteiger charge is 2.40. The van der Waals surface area contributed by atoms with E-state index in [4.69, 9.17) is 0 Å². The summed E-state index contributed by atoms with van der Waals surface area (Å²) in [7, 11) is 0. The smallest absolute Gasteiger partial charge is 0.306 e. The SMILES string of the molecule is CC(C)CCCN[C@H](C(C)C)C(F)(F)F. The third kappa shape index (κ3) is 6.77. The number of rotatable bonds is 6. The van der Waals surface area contributed by atoms with Crippen molar-refractivity contribution < 1.29 is 13.2 Å². The Morgan fingerprint density at radius 1 is 1.07 bits per heavy atom. The molecule has 0 amide bonds. The zero-order valence-corrected chi connectivity index (χ0v) is 9.99. The second-order valence-electron chi connectivity index (χ2n) is 4.75. The average molecular weight is 225 g/mol. The summed E-state index contributed by atoms with van der Waals surface area (Å²) in [6.45, 7) is 7.77. The number of alkyl halides is 3. The van der Waals surface area contributed by atoms with Crippen LogP contribution in [0.3, 0.4) is 0 Å². The van der Waals surface area contributed by atoms with Crippen molar-refractivity contribution in [2.24, 2.45) is 11.8 Å². The average Bonchev–Trinajstić information content (AvgIpc) is 1.99. The van der Waals surface area contributed by atoms with Gasteiger partial charge in [-0.15, -0.1) is 0 Å². The van der Waals surface area contributed by atoms with E-state index in [0.29, 0.717) is 12.5 Å². The topological polar surface area (TPSA) is 12.0 Å². The molecule has 0 aliphatic rings. The van der Waals surface area contributed by atoms with Crippen LogP contribution in [0, 0.1) is 11.8 Å². The molecular formula is C11H22F3N. The Hall–Kier alpha value is -0.250. The van der Waals surface area contributed by atoms with Crippen molar-refractivity contribution in [2.75, 3.05) is 6.54 Å². The van der Waals surface area contributed by atoms with E-state index in [1.165, 1.54) is 0 Å². The molecule has 0 aliphatic carbocycles. The highest BCUT2D eigenvalue weighted by Crippen LogP contribution is 2.25. The summed E-state index contributed by atoms with van der Waals surface area (Å²) in [6, 6.07) is -1.37. The van der Waals surface area contributed by atoms with Crippen molar-refractivity contribution in [1.82, 2.24) is 5.32 Å². The summed E-state index contributed by atoms with van der Waals surface area (Å²) in [5, 5.41) is 2.59. The van der Waals surface area contributed by atoms with Crippen molar-refractivity contribution in [3.05, 3.63) is 0 Å². The third-order valence-electron chi connectivity index (χ3n) is 2.34. The van der Waals surface area contributed by atoms with Crippen LogP contribution in [0.4, 0.5) is 13.2 Å². The predicted molar refractivity (Wildman–Crippen MR) is 56.8 cm³/mol. The quantitative estimate of drug-likeness (QED) is 0.681. The highest BCUT2D eigenvalue weighted by atomic mass is 19.4. The van der Waals surface area contributed by atoms with Gasteiger partial charge in [0.1, 0.15) is 6.04 Å².